The molecule has 1 saturated heterocycles. The van der Waals surface area contributed by atoms with Crippen molar-refractivity contribution in [2.75, 3.05) is 37.7 Å². The third kappa shape index (κ3) is 5.63. The van der Waals surface area contributed by atoms with Crippen LogP contribution < -0.4 is 15.5 Å². The molecule has 1 aliphatic heterocycles. The van der Waals surface area contributed by atoms with Crippen LogP contribution in [0.4, 0.5) is 19.3 Å². The van der Waals surface area contributed by atoms with Gasteiger partial charge < -0.3 is 20.6 Å². The van der Waals surface area contributed by atoms with Crippen molar-refractivity contribution >= 4 is 11.7 Å². The molecular weight excluding hydrogens is 306 g/mol. The predicted octanol–water partition coefficient (Wildman–Crippen LogP) is 1.22. The molecule has 128 valence electrons. The zero-order valence-corrected chi connectivity index (χ0v) is 12.8. The fraction of sp³-hybridized carbons (Fsp3) is 0.600. The van der Waals surface area contributed by atoms with E-state index in [4.69, 9.17) is 5.11 Å². The van der Waals surface area contributed by atoms with E-state index >= 15 is 0 Å². The lowest BCUT2D eigenvalue weighted by Crippen LogP contribution is -2.46. The summed E-state index contributed by atoms with van der Waals surface area (Å²) in [5, 5.41) is 13.1. The first-order valence-corrected chi connectivity index (χ1v) is 7.65. The summed E-state index contributed by atoms with van der Waals surface area (Å²) in [6.07, 6.45) is 5.37. The topological polar surface area (TPSA) is 77.5 Å². The molecule has 0 radical (unpaired) electrons. The number of halogens is 2. The molecule has 1 aromatic rings. The molecule has 23 heavy (non-hydrogen) atoms. The van der Waals surface area contributed by atoms with Crippen molar-refractivity contribution in [3.8, 4) is 0 Å². The van der Waals surface area contributed by atoms with Gasteiger partial charge in [-0.1, -0.05) is 0 Å². The molecule has 0 saturated carbocycles. The minimum atomic E-state index is -3.28. The highest BCUT2D eigenvalue weighted by molar-refractivity contribution is 5.73. The number of hydrogen-bond acceptors (Lipinski definition) is 4. The van der Waals surface area contributed by atoms with Gasteiger partial charge in [0.25, 0.3) is 5.92 Å². The summed E-state index contributed by atoms with van der Waals surface area (Å²) in [6.45, 7) is 0.0956. The molecule has 2 amide bonds. The maximum Gasteiger partial charge on any atom is 0.315 e. The van der Waals surface area contributed by atoms with Crippen molar-refractivity contribution in [2.24, 2.45) is 5.92 Å². The van der Waals surface area contributed by atoms with E-state index in [1.54, 1.807) is 12.4 Å². The van der Waals surface area contributed by atoms with E-state index in [0.717, 1.165) is 31.6 Å². The number of alkyl halides is 2. The number of aromatic nitrogens is 1. The fourth-order valence-electron chi connectivity index (χ4n) is 2.52. The molecule has 0 unspecified atom stereocenters. The predicted molar refractivity (Wildman–Crippen MR) is 82.6 cm³/mol. The number of nitrogens with one attached hydrogen (secondary N) is 2. The van der Waals surface area contributed by atoms with E-state index in [-0.39, 0.29) is 0 Å². The number of anilines is 1. The van der Waals surface area contributed by atoms with Gasteiger partial charge in [-0.15, -0.1) is 0 Å². The van der Waals surface area contributed by atoms with E-state index in [2.05, 4.69) is 20.5 Å². The van der Waals surface area contributed by atoms with Crippen LogP contribution in [-0.2, 0) is 0 Å². The Morgan fingerprint density at radius 1 is 1.30 bits per heavy atom. The van der Waals surface area contributed by atoms with Gasteiger partial charge in [0.2, 0.25) is 0 Å². The maximum absolute atomic E-state index is 12.8. The number of aliphatic hydroxyl groups is 1. The van der Waals surface area contributed by atoms with Crippen molar-refractivity contribution in [1.29, 1.82) is 0 Å². The quantitative estimate of drug-likeness (QED) is 0.734. The Morgan fingerprint density at radius 3 is 2.57 bits per heavy atom. The number of carbonyl (C=O) groups excluding carboxylic acids is 1. The van der Waals surface area contributed by atoms with Crippen molar-refractivity contribution in [3.63, 3.8) is 0 Å². The molecular formula is C15H22F2N4O2. The average Bonchev–Trinajstić information content (AvgIpc) is 2.59. The fourth-order valence-corrected chi connectivity index (χ4v) is 2.52. The number of piperidine rings is 1. The van der Waals surface area contributed by atoms with Gasteiger partial charge in [-0.2, -0.15) is 0 Å². The van der Waals surface area contributed by atoms with Crippen molar-refractivity contribution in [1.82, 2.24) is 15.6 Å². The smallest absolute Gasteiger partial charge is 0.315 e. The number of rotatable bonds is 6. The summed E-state index contributed by atoms with van der Waals surface area (Å²) in [7, 11) is 0. The highest BCUT2D eigenvalue weighted by Gasteiger charge is 2.28. The number of nitrogens with zero attached hydrogens (tertiary/aromatic N) is 2. The molecule has 1 aromatic heterocycles. The van der Waals surface area contributed by atoms with Gasteiger partial charge in [-0.3, -0.25) is 4.98 Å². The Labute approximate surface area is 133 Å². The van der Waals surface area contributed by atoms with Crippen LogP contribution in [0.3, 0.4) is 0 Å². The Bertz CT molecular complexity index is 494. The Morgan fingerprint density at radius 2 is 1.96 bits per heavy atom. The largest absolute Gasteiger partial charge is 0.390 e. The first kappa shape index (κ1) is 17.4. The molecule has 2 rings (SSSR count). The monoisotopic (exact) mass is 328 g/mol. The van der Waals surface area contributed by atoms with Crippen LogP contribution in [0.15, 0.2) is 24.5 Å². The van der Waals surface area contributed by atoms with Crippen LogP contribution >= 0.6 is 0 Å². The molecule has 2 heterocycles. The summed E-state index contributed by atoms with van der Waals surface area (Å²) in [5.74, 6) is -2.95. The molecule has 3 N–H and O–H groups in total. The third-order valence-electron chi connectivity index (χ3n) is 3.93. The molecule has 0 bridgehead atoms. The lowest BCUT2D eigenvalue weighted by atomic mass is 9.96. The van der Waals surface area contributed by atoms with Gasteiger partial charge in [0.05, 0.1) is 6.54 Å². The van der Waals surface area contributed by atoms with Crippen molar-refractivity contribution in [2.45, 2.75) is 18.8 Å². The SMILES string of the molecule is O=C(NCC1CCN(c2ccncc2)CC1)NCC(F)(F)CO. The second kappa shape index (κ2) is 8.05. The number of aliphatic hydroxyl groups excluding tert-OH is 1. The van der Waals surface area contributed by atoms with E-state index in [9.17, 15) is 13.6 Å². The number of carbonyl (C=O) groups is 1. The van der Waals surface area contributed by atoms with Gasteiger partial charge in [0.15, 0.2) is 0 Å². The van der Waals surface area contributed by atoms with Crippen molar-refractivity contribution in [3.05, 3.63) is 24.5 Å². The van der Waals surface area contributed by atoms with Gasteiger partial charge in [-0.05, 0) is 30.9 Å². The number of urea groups is 1. The van der Waals surface area contributed by atoms with E-state index in [1.165, 1.54) is 0 Å². The summed E-state index contributed by atoms with van der Waals surface area (Å²) in [4.78, 5) is 17.7. The molecule has 0 aliphatic carbocycles. The summed E-state index contributed by atoms with van der Waals surface area (Å²) < 4.78 is 25.6. The second-order valence-electron chi connectivity index (χ2n) is 5.71. The first-order valence-electron chi connectivity index (χ1n) is 7.65. The van der Waals surface area contributed by atoms with Gasteiger partial charge in [-0.25, -0.2) is 13.6 Å². The van der Waals surface area contributed by atoms with Crippen LogP contribution in [0.25, 0.3) is 0 Å². The molecule has 0 spiro atoms. The van der Waals surface area contributed by atoms with E-state index < -0.39 is 25.1 Å². The minimum Gasteiger partial charge on any atom is -0.390 e. The first-order chi connectivity index (χ1) is 11.0. The van der Waals surface area contributed by atoms with Crippen LogP contribution in [-0.4, -0.2) is 54.8 Å². The number of amides is 2. The summed E-state index contributed by atoms with van der Waals surface area (Å²) >= 11 is 0. The molecule has 8 heteroatoms. The van der Waals surface area contributed by atoms with Crippen LogP contribution in [0.5, 0.6) is 0 Å². The molecule has 1 aliphatic rings. The number of pyridine rings is 1. The molecule has 0 aromatic carbocycles. The zero-order chi connectivity index (χ0) is 16.7. The highest BCUT2D eigenvalue weighted by atomic mass is 19.3. The number of hydrogen-bond donors (Lipinski definition) is 3. The van der Waals surface area contributed by atoms with E-state index in [1.807, 2.05) is 12.1 Å². The molecule has 0 atom stereocenters. The minimum absolute atomic E-state index is 0.331. The van der Waals surface area contributed by atoms with Crippen molar-refractivity contribution < 1.29 is 18.7 Å². The van der Waals surface area contributed by atoms with Crippen LogP contribution in [0, 0.1) is 5.92 Å². The Kier molecular flexibility index (Phi) is 6.09. The van der Waals surface area contributed by atoms with Gasteiger partial charge in [0.1, 0.15) is 6.61 Å². The normalized spacial score (nSPS) is 16.2. The van der Waals surface area contributed by atoms with E-state index in [0.29, 0.717) is 12.5 Å². The zero-order valence-electron chi connectivity index (χ0n) is 12.8. The Balaban J connectivity index is 1.66. The summed E-state index contributed by atoms with van der Waals surface area (Å²) in [6, 6.07) is 3.30. The highest BCUT2D eigenvalue weighted by Crippen LogP contribution is 2.22. The maximum atomic E-state index is 12.8. The molecule has 1 fully saturated rings. The van der Waals surface area contributed by atoms with Gasteiger partial charge in [0, 0.05) is 37.7 Å². The summed E-state index contributed by atoms with van der Waals surface area (Å²) in [5.41, 5.74) is 1.13. The van der Waals surface area contributed by atoms with Crippen LogP contribution in [0.1, 0.15) is 12.8 Å². The standard InChI is InChI=1S/C15H22F2N4O2/c16-15(17,11-22)10-20-14(23)19-9-12-3-7-21(8-4-12)13-1-5-18-6-2-13/h1-2,5-6,12,22H,3-4,7-11H2,(H2,19,20,23). The lowest BCUT2D eigenvalue weighted by Gasteiger charge is -2.33. The molecule has 6 nitrogen and oxygen atoms in total. The average molecular weight is 328 g/mol. The lowest BCUT2D eigenvalue weighted by molar-refractivity contribution is -0.0454. The Hall–Kier alpha value is -1.96. The second-order valence-corrected chi connectivity index (χ2v) is 5.71. The van der Waals surface area contributed by atoms with Crippen LogP contribution in [0.2, 0.25) is 0 Å². The third-order valence-corrected chi connectivity index (χ3v) is 3.93. The van der Waals surface area contributed by atoms with Gasteiger partial charge >= 0.3 is 6.03 Å².